The quantitative estimate of drug-likeness (QED) is 0.0894. The molecule has 5 heteroatoms. The molecule has 1 saturated carbocycles. The van der Waals surface area contributed by atoms with E-state index in [0.717, 1.165) is 74.2 Å². The van der Waals surface area contributed by atoms with Crippen LogP contribution in [0.3, 0.4) is 0 Å². The number of rotatable bonds is 22. The molecule has 2 aliphatic carbocycles. The molecular weight excluding hydrogens is 909 g/mol. The van der Waals surface area contributed by atoms with Crippen molar-refractivity contribution < 1.29 is 24.4 Å². The molecule has 6 rings (SSSR count). The zero-order chi connectivity index (χ0) is 54.4. The van der Waals surface area contributed by atoms with Crippen LogP contribution in [0.2, 0.25) is 0 Å². The number of hydrogen-bond acceptors (Lipinski definition) is 5. The molecule has 5 nitrogen and oxygen atoms in total. The smallest absolute Gasteiger partial charge is 0.127 e. The molecule has 1 saturated heterocycles. The lowest BCUT2D eigenvalue weighted by Gasteiger charge is -2.41. The van der Waals surface area contributed by atoms with Crippen LogP contribution in [0.25, 0.3) is 0 Å². The molecule has 0 bridgehead atoms. The molecule has 0 spiro atoms. The van der Waals surface area contributed by atoms with E-state index in [9.17, 15) is 10.2 Å². The van der Waals surface area contributed by atoms with Crippen LogP contribution >= 0.6 is 0 Å². The minimum atomic E-state index is -0.382. The van der Waals surface area contributed by atoms with E-state index in [1.165, 1.54) is 107 Å². The van der Waals surface area contributed by atoms with Crippen LogP contribution in [0.4, 0.5) is 0 Å². The predicted octanol–water partition coefficient (Wildman–Crippen LogP) is 18.0. The van der Waals surface area contributed by atoms with Gasteiger partial charge in [-0.2, -0.15) is 0 Å². The Kier molecular flexibility index (Phi) is 20.0. The molecule has 1 aromatic carbocycles. The van der Waals surface area contributed by atoms with Crippen LogP contribution < -0.4 is 9.47 Å². The molecule has 3 heterocycles. The van der Waals surface area contributed by atoms with Crippen LogP contribution in [0.15, 0.2) is 106 Å². The Bertz CT molecular complexity index is 2410. The SMILES string of the molecule is CC1=C(/C=C/C(C)=C/C=C/C(C)=C/C=C/C=C(\C)[C@H]2Oc3c(C)c(C)c4c(c3C[C@@H]2/C=C(C)\C=C\[C@@]23O[C@]2(C)C[C@@H](O)CC3(C)C)CC[C@@](C)(CCC[C@H](C)CCC[C@H](C)CCCC(C)C)O4)C(C)(C)C[C@H](O)C1. The van der Waals surface area contributed by atoms with Gasteiger partial charge < -0.3 is 24.4 Å². The highest BCUT2D eigenvalue weighted by Crippen LogP contribution is 2.66. The van der Waals surface area contributed by atoms with E-state index >= 15 is 0 Å². The third-order valence-corrected chi connectivity index (χ3v) is 18.3. The first-order valence-corrected chi connectivity index (χ1v) is 29.4. The van der Waals surface area contributed by atoms with Crippen molar-refractivity contribution in [3.63, 3.8) is 0 Å². The summed E-state index contributed by atoms with van der Waals surface area (Å²) < 4.78 is 21.1. The van der Waals surface area contributed by atoms with Crippen molar-refractivity contribution in [1.82, 2.24) is 0 Å². The van der Waals surface area contributed by atoms with Gasteiger partial charge in [0.05, 0.1) is 12.2 Å². The number of ether oxygens (including phenoxy) is 3. The Balaban J connectivity index is 1.17. The molecule has 5 aliphatic rings. The first-order chi connectivity index (χ1) is 34.7. The molecule has 9 atom stereocenters. The fraction of sp³-hybridized carbons (Fsp3) is 0.652. The second-order valence-electron chi connectivity index (χ2n) is 26.9. The second kappa shape index (κ2) is 24.8. The van der Waals surface area contributed by atoms with Crippen LogP contribution in [0, 0.1) is 48.3 Å². The summed E-state index contributed by atoms with van der Waals surface area (Å²) in [4.78, 5) is 0. The van der Waals surface area contributed by atoms with Gasteiger partial charge in [0.1, 0.15) is 34.4 Å². The van der Waals surface area contributed by atoms with Crippen molar-refractivity contribution in [2.75, 3.05) is 0 Å². The largest absolute Gasteiger partial charge is 0.487 e. The van der Waals surface area contributed by atoms with Crippen molar-refractivity contribution in [3.05, 3.63) is 129 Å². The van der Waals surface area contributed by atoms with Gasteiger partial charge in [0.25, 0.3) is 0 Å². The van der Waals surface area contributed by atoms with Gasteiger partial charge in [0.2, 0.25) is 0 Å². The van der Waals surface area contributed by atoms with Crippen molar-refractivity contribution in [2.24, 2.45) is 34.5 Å². The fourth-order valence-electron chi connectivity index (χ4n) is 13.7. The van der Waals surface area contributed by atoms with E-state index in [1.807, 2.05) is 0 Å². The molecule has 74 heavy (non-hydrogen) atoms. The third kappa shape index (κ3) is 14.7. The molecule has 3 aliphatic heterocycles. The minimum absolute atomic E-state index is 0.0268. The van der Waals surface area contributed by atoms with E-state index in [0.29, 0.717) is 6.42 Å². The lowest BCUT2D eigenvalue weighted by atomic mass is 9.63. The number of fused-ring (bicyclic) bond motifs is 4. The van der Waals surface area contributed by atoms with Gasteiger partial charge in [0.15, 0.2) is 0 Å². The fourth-order valence-corrected chi connectivity index (χ4v) is 13.7. The summed E-state index contributed by atoms with van der Waals surface area (Å²) in [5.74, 6) is 4.69. The normalized spacial score (nSPS) is 30.3. The predicted molar refractivity (Wildman–Crippen MR) is 314 cm³/mol. The Morgan fingerprint density at radius 1 is 0.662 bits per heavy atom. The Hall–Kier alpha value is -3.64. The maximum Gasteiger partial charge on any atom is 0.127 e. The number of aliphatic hydroxyl groups excluding tert-OH is 2. The summed E-state index contributed by atoms with van der Waals surface area (Å²) in [5, 5.41) is 21.0. The standard InChI is InChI=1S/C69H104O5/c1-46(2)24-20-26-48(4)28-21-29-49(5)31-23-37-67(16)38-36-59-60-42-56(40-51(7)35-39-69-66(14,15)44-58(71)45-68(69,17)74-69)62(72-63(60)54(10)55(11)64(59)73-67)52(8)32-19-18-25-47(3)27-22-30-50(6)33-34-61-53(9)41-57(70)43-65(61,12)13/h18-19,22,25,27,30,32-35,39-40,46,48-49,56-58,62,70-71H,20-21,23-24,26,28-29,31,36-38,41-45H2,1-17H3/b19-18+,27-22+,34-33+,39-35+,47-25+,50-30+,51-40-,52-32+/t48-,49-,56+,57-,58+,62-,67-,68-,69+/m1/s1. The van der Waals surface area contributed by atoms with Crippen LogP contribution in [0.1, 0.15) is 216 Å². The topological polar surface area (TPSA) is 71.5 Å². The van der Waals surface area contributed by atoms with Gasteiger partial charge in [-0.05, 0) is 165 Å². The van der Waals surface area contributed by atoms with Crippen LogP contribution in [-0.2, 0) is 17.6 Å². The molecule has 1 aromatic rings. The van der Waals surface area contributed by atoms with E-state index in [4.69, 9.17) is 14.2 Å². The minimum Gasteiger partial charge on any atom is -0.487 e. The maximum atomic E-state index is 10.7. The van der Waals surface area contributed by atoms with Gasteiger partial charge in [-0.3, -0.25) is 0 Å². The van der Waals surface area contributed by atoms with Crippen LogP contribution in [0.5, 0.6) is 11.5 Å². The third-order valence-electron chi connectivity index (χ3n) is 18.3. The Labute approximate surface area is 452 Å². The van der Waals surface area contributed by atoms with E-state index < -0.39 is 0 Å². The van der Waals surface area contributed by atoms with Crippen molar-refractivity contribution >= 4 is 0 Å². The zero-order valence-electron chi connectivity index (χ0n) is 49.9. The summed E-state index contributed by atoms with van der Waals surface area (Å²) in [6, 6.07) is 0. The number of allylic oxidation sites excluding steroid dienone is 14. The number of aliphatic hydroxyl groups is 2. The Morgan fingerprint density at radius 3 is 1.95 bits per heavy atom. The monoisotopic (exact) mass is 1010 g/mol. The van der Waals surface area contributed by atoms with Gasteiger partial charge in [-0.25, -0.2) is 0 Å². The summed E-state index contributed by atoms with van der Waals surface area (Å²) in [7, 11) is 0. The first kappa shape index (κ1) is 59.6. The van der Waals surface area contributed by atoms with Gasteiger partial charge in [-0.15, -0.1) is 0 Å². The van der Waals surface area contributed by atoms with E-state index in [2.05, 4.69) is 191 Å². The Morgan fingerprint density at radius 2 is 1.28 bits per heavy atom. The lowest BCUT2D eigenvalue weighted by Crippen LogP contribution is -2.46. The summed E-state index contributed by atoms with van der Waals surface area (Å²) in [6.45, 7) is 38.4. The molecule has 2 N–H and O–H groups in total. The summed E-state index contributed by atoms with van der Waals surface area (Å²) in [6.07, 6.45) is 43.5. The second-order valence-corrected chi connectivity index (χ2v) is 26.9. The maximum absolute atomic E-state index is 10.7. The molecule has 0 aromatic heterocycles. The highest BCUT2D eigenvalue weighted by atomic mass is 16.6. The van der Waals surface area contributed by atoms with Crippen molar-refractivity contribution in [1.29, 1.82) is 0 Å². The van der Waals surface area contributed by atoms with Crippen LogP contribution in [-0.4, -0.2) is 45.3 Å². The number of hydrogen-bond donors (Lipinski definition) is 2. The van der Waals surface area contributed by atoms with E-state index in [-0.39, 0.29) is 51.9 Å². The molecule has 0 unspecified atom stereocenters. The van der Waals surface area contributed by atoms with Gasteiger partial charge in [-0.1, -0.05) is 189 Å². The summed E-state index contributed by atoms with van der Waals surface area (Å²) in [5.41, 5.74) is 11.4. The van der Waals surface area contributed by atoms with Crippen molar-refractivity contribution in [2.45, 2.75) is 256 Å². The van der Waals surface area contributed by atoms with Gasteiger partial charge >= 0.3 is 0 Å². The molecule has 0 amide bonds. The molecule has 2 fully saturated rings. The zero-order valence-corrected chi connectivity index (χ0v) is 49.9. The molecule has 0 radical (unpaired) electrons. The van der Waals surface area contributed by atoms with Gasteiger partial charge in [0, 0.05) is 28.9 Å². The average Bonchev–Trinajstić information content (AvgIpc) is 3.93. The first-order valence-electron chi connectivity index (χ1n) is 29.4. The highest BCUT2D eigenvalue weighted by molar-refractivity contribution is 5.61. The molecular formula is C69H104O5. The van der Waals surface area contributed by atoms with Crippen molar-refractivity contribution in [3.8, 4) is 11.5 Å². The van der Waals surface area contributed by atoms with E-state index in [1.54, 1.807) is 0 Å². The number of epoxide rings is 1. The summed E-state index contributed by atoms with van der Waals surface area (Å²) >= 11 is 0. The lowest BCUT2D eigenvalue weighted by molar-refractivity contribution is 0.0502. The number of benzene rings is 1. The molecule has 410 valence electrons. The average molecular weight is 1010 g/mol. The highest BCUT2D eigenvalue weighted by Gasteiger charge is 2.74.